The van der Waals surface area contributed by atoms with Gasteiger partial charge < -0.3 is 19.6 Å². The Hall–Kier alpha value is -3.21. The number of carboxylic acid groups (broad SMARTS) is 1. The number of alkyl halides is 6. The number of nitrogens with zero attached hydrogens (tertiary/aromatic N) is 2. The molecule has 1 amide bonds. The molecule has 1 heterocycles. The van der Waals surface area contributed by atoms with Crippen molar-refractivity contribution >= 4 is 17.9 Å². The SMILES string of the molecule is CC=Cc1cc(C(OCc2ccccc2)(C(F)(F)F)C(F)(F)F)ccc1N1CCN(C(=O)O)CC1. The molecule has 0 unspecified atom stereocenters. The largest absolute Gasteiger partial charge is 0.465 e. The maximum Gasteiger partial charge on any atom is 0.430 e. The maximum absolute atomic E-state index is 14.2. The minimum absolute atomic E-state index is 0.134. The van der Waals surface area contributed by atoms with Crippen LogP contribution in [-0.2, 0) is 16.9 Å². The number of hydrogen-bond donors (Lipinski definition) is 1. The molecule has 1 aliphatic rings. The van der Waals surface area contributed by atoms with E-state index in [0.29, 0.717) is 5.69 Å². The zero-order chi connectivity index (χ0) is 25.9. The number of allylic oxidation sites excluding steroid dienone is 1. The van der Waals surface area contributed by atoms with E-state index in [1.54, 1.807) is 17.9 Å². The van der Waals surface area contributed by atoms with Crippen LogP contribution in [0, 0.1) is 0 Å². The molecule has 1 aliphatic heterocycles. The predicted molar refractivity (Wildman–Crippen MR) is 118 cm³/mol. The van der Waals surface area contributed by atoms with Gasteiger partial charge in [0, 0.05) is 37.4 Å². The molecule has 2 aromatic rings. The lowest BCUT2D eigenvalue weighted by molar-refractivity contribution is -0.392. The first kappa shape index (κ1) is 26.4. The highest BCUT2D eigenvalue weighted by Gasteiger charge is 2.73. The first-order valence-corrected chi connectivity index (χ1v) is 10.7. The summed E-state index contributed by atoms with van der Waals surface area (Å²) in [6.07, 6.45) is -9.78. The van der Waals surface area contributed by atoms with Crippen LogP contribution in [0.5, 0.6) is 0 Å². The van der Waals surface area contributed by atoms with Crippen LogP contribution in [0.3, 0.4) is 0 Å². The number of rotatable bonds is 6. The highest BCUT2D eigenvalue weighted by molar-refractivity contribution is 5.70. The Balaban J connectivity index is 2.06. The van der Waals surface area contributed by atoms with Crippen LogP contribution in [0.1, 0.15) is 23.6 Å². The van der Waals surface area contributed by atoms with Crippen molar-refractivity contribution in [3.05, 3.63) is 71.3 Å². The van der Waals surface area contributed by atoms with Gasteiger partial charge in [-0.3, -0.25) is 0 Å². The summed E-state index contributed by atoms with van der Waals surface area (Å²) in [5.74, 6) is 0. The van der Waals surface area contributed by atoms with Crippen LogP contribution in [0.4, 0.5) is 36.8 Å². The van der Waals surface area contributed by atoms with Crippen molar-refractivity contribution in [2.45, 2.75) is 31.5 Å². The molecule has 2 aromatic carbocycles. The van der Waals surface area contributed by atoms with E-state index in [1.807, 2.05) is 0 Å². The third-order valence-corrected chi connectivity index (χ3v) is 5.77. The van der Waals surface area contributed by atoms with Gasteiger partial charge in [-0.25, -0.2) is 4.79 Å². The van der Waals surface area contributed by atoms with Crippen LogP contribution in [-0.4, -0.2) is 54.6 Å². The first-order valence-electron chi connectivity index (χ1n) is 10.7. The summed E-state index contributed by atoms with van der Waals surface area (Å²) in [6.45, 7) is 1.47. The Morgan fingerprint density at radius 1 is 0.971 bits per heavy atom. The van der Waals surface area contributed by atoms with Crippen molar-refractivity contribution in [3.8, 4) is 0 Å². The number of piperazine rings is 1. The van der Waals surface area contributed by atoms with Gasteiger partial charge in [0.1, 0.15) is 0 Å². The molecule has 1 fully saturated rings. The van der Waals surface area contributed by atoms with Crippen molar-refractivity contribution in [1.82, 2.24) is 4.90 Å². The van der Waals surface area contributed by atoms with Gasteiger partial charge in [-0.2, -0.15) is 26.3 Å². The molecule has 3 rings (SSSR count). The average molecular weight is 502 g/mol. The van der Waals surface area contributed by atoms with Gasteiger partial charge in [0.25, 0.3) is 5.60 Å². The Kier molecular flexibility index (Phi) is 7.68. The zero-order valence-electron chi connectivity index (χ0n) is 18.7. The van der Waals surface area contributed by atoms with Crippen molar-refractivity contribution < 1.29 is 41.0 Å². The fourth-order valence-electron chi connectivity index (χ4n) is 4.01. The fraction of sp³-hybridized carbons (Fsp3) is 0.375. The van der Waals surface area contributed by atoms with Crippen LogP contribution < -0.4 is 4.90 Å². The summed E-state index contributed by atoms with van der Waals surface area (Å²) < 4.78 is 90.0. The molecule has 0 aromatic heterocycles. The molecular formula is C24H24F6N2O3. The summed E-state index contributed by atoms with van der Waals surface area (Å²) in [6, 6.07) is 10.1. The quantitative estimate of drug-likeness (QED) is 0.489. The lowest BCUT2D eigenvalue weighted by atomic mass is 9.89. The molecule has 5 nitrogen and oxygen atoms in total. The van der Waals surface area contributed by atoms with Gasteiger partial charge in [-0.05, 0) is 30.2 Å². The summed E-state index contributed by atoms with van der Waals surface area (Å²) in [7, 11) is 0. The Labute approximate surface area is 198 Å². The summed E-state index contributed by atoms with van der Waals surface area (Å²) in [4.78, 5) is 14.1. The normalized spacial score (nSPS) is 15.6. The van der Waals surface area contributed by atoms with E-state index in [0.717, 1.165) is 12.1 Å². The Morgan fingerprint density at radius 3 is 2.09 bits per heavy atom. The molecule has 0 bridgehead atoms. The number of hydrogen-bond acceptors (Lipinski definition) is 3. The zero-order valence-corrected chi connectivity index (χ0v) is 18.7. The van der Waals surface area contributed by atoms with Crippen molar-refractivity contribution in [3.63, 3.8) is 0 Å². The molecule has 0 spiro atoms. The second-order valence-corrected chi connectivity index (χ2v) is 7.98. The minimum Gasteiger partial charge on any atom is -0.465 e. The highest BCUT2D eigenvalue weighted by atomic mass is 19.4. The van der Waals surface area contributed by atoms with Gasteiger partial charge in [0.05, 0.1) is 6.61 Å². The minimum atomic E-state index is -5.80. The first-order chi connectivity index (χ1) is 16.4. The van der Waals surface area contributed by atoms with Crippen LogP contribution >= 0.6 is 0 Å². The molecule has 11 heteroatoms. The molecule has 1 N–H and O–H groups in total. The third-order valence-electron chi connectivity index (χ3n) is 5.77. The molecule has 1 saturated heterocycles. The highest BCUT2D eigenvalue weighted by Crippen LogP contribution is 2.54. The molecule has 0 aliphatic carbocycles. The molecule has 0 saturated carbocycles. The number of halogens is 6. The van der Waals surface area contributed by atoms with Gasteiger partial charge in [0.2, 0.25) is 0 Å². The summed E-state index contributed by atoms with van der Waals surface area (Å²) in [5, 5.41) is 9.11. The van der Waals surface area contributed by atoms with E-state index in [1.165, 1.54) is 47.4 Å². The fourth-order valence-corrected chi connectivity index (χ4v) is 4.01. The van der Waals surface area contributed by atoms with Gasteiger partial charge in [-0.15, -0.1) is 0 Å². The topological polar surface area (TPSA) is 53.0 Å². The van der Waals surface area contributed by atoms with Gasteiger partial charge in [0.15, 0.2) is 0 Å². The smallest absolute Gasteiger partial charge is 0.430 e. The Bertz CT molecular complexity index is 1030. The molecule has 190 valence electrons. The maximum atomic E-state index is 14.2. The van der Waals surface area contributed by atoms with Crippen LogP contribution in [0.25, 0.3) is 6.08 Å². The van der Waals surface area contributed by atoms with E-state index in [2.05, 4.69) is 0 Å². The van der Waals surface area contributed by atoms with Crippen molar-refractivity contribution in [2.24, 2.45) is 0 Å². The number of benzene rings is 2. The van der Waals surface area contributed by atoms with Crippen LogP contribution in [0.2, 0.25) is 0 Å². The standard InChI is InChI=1S/C24H24F6N2O3/c1-2-6-18-15-19(9-10-20(18)31-11-13-32(14-12-31)21(33)34)22(23(25,26)27,24(28,29)30)35-16-17-7-4-3-5-8-17/h2-10,15H,11-14,16H2,1H3,(H,33,34). The van der Waals surface area contributed by atoms with Crippen molar-refractivity contribution in [1.29, 1.82) is 0 Å². The monoisotopic (exact) mass is 502 g/mol. The Morgan fingerprint density at radius 2 is 1.57 bits per heavy atom. The lowest BCUT2D eigenvalue weighted by Crippen LogP contribution is -2.56. The van der Waals surface area contributed by atoms with E-state index < -0.39 is 36.2 Å². The lowest BCUT2D eigenvalue weighted by Gasteiger charge is -2.39. The number of ether oxygens (including phenoxy) is 1. The second kappa shape index (κ2) is 10.2. The average Bonchev–Trinajstić information content (AvgIpc) is 2.79. The number of carbonyl (C=O) groups is 1. The van der Waals surface area contributed by atoms with Crippen molar-refractivity contribution in [2.75, 3.05) is 31.1 Å². The third kappa shape index (κ3) is 5.39. The van der Waals surface area contributed by atoms with E-state index in [-0.39, 0.29) is 37.3 Å². The number of amides is 1. The van der Waals surface area contributed by atoms with E-state index in [9.17, 15) is 31.1 Å². The molecule has 35 heavy (non-hydrogen) atoms. The molecule has 0 radical (unpaired) electrons. The van der Waals surface area contributed by atoms with Gasteiger partial charge >= 0.3 is 18.4 Å². The summed E-state index contributed by atoms with van der Waals surface area (Å²) >= 11 is 0. The number of anilines is 1. The summed E-state index contributed by atoms with van der Waals surface area (Å²) in [5.41, 5.74) is -4.94. The van der Waals surface area contributed by atoms with Crippen LogP contribution in [0.15, 0.2) is 54.6 Å². The van der Waals surface area contributed by atoms with E-state index in [4.69, 9.17) is 9.84 Å². The molecular weight excluding hydrogens is 478 g/mol. The molecule has 0 atom stereocenters. The second-order valence-electron chi connectivity index (χ2n) is 7.98. The predicted octanol–water partition coefficient (Wildman–Crippen LogP) is 6.06. The van der Waals surface area contributed by atoms with Gasteiger partial charge in [-0.1, -0.05) is 48.6 Å². The van der Waals surface area contributed by atoms with E-state index >= 15 is 0 Å².